The Hall–Kier alpha value is -3.07. The predicted octanol–water partition coefficient (Wildman–Crippen LogP) is 3.74. The minimum Gasteiger partial charge on any atom is -0.448 e. The molecule has 1 unspecified atom stereocenters. The van der Waals surface area contributed by atoms with Gasteiger partial charge in [-0.25, -0.2) is 14.2 Å². The Morgan fingerprint density at radius 1 is 1.26 bits per heavy atom. The first-order valence-corrected chi connectivity index (χ1v) is 8.83. The highest BCUT2D eigenvalue weighted by Crippen LogP contribution is 2.28. The van der Waals surface area contributed by atoms with Crippen LogP contribution in [-0.2, 0) is 9.53 Å². The molecule has 0 fully saturated rings. The SMILES string of the molecule is Cc1cc(NC(=O)C(C)OC(=O)c2sc(-c3ccc(F)cc3)nc2C)no1. The molecule has 27 heavy (non-hydrogen) atoms. The van der Waals surface area contributed by atoms with Gasteiger partial charge in [-0.05, 0) is 45.0 Å². The third kappa shape index (κ3) is 4.37. The topological polar surface area (TPSA) is 94.3 Å². The second kappa shape index (κ2) is 7.67. The molecule has 1 aromatic carbocycles. The maximum Gasteiger partial charge on any atom is 0.351 e. The average Bonchev–Trinajstić information content (AvgIpc) is 3.21. The molecule has 1 amide bonds. The quantitative estimate of drug-likeness (QED) is 0.668. The number of thiazole rings is 1. The van der Waals surface area contributed by atoms with Gasteiger partial charge in [-0.1, -0.05) is 5.16 Å². The van der Waals surface area contributed by atoms with E-state index in [1.807, 2.05) is 0 Å². The van der Waals surface area contributed by atoms with Crippen LogP contribution in [0.4, 0.5) is 10.2 Å². The number of benzene rings is 1. The van der Waals surface area contributed by atoms with Crippen molar-refractivity contribution < 1.29 is 23.2 Å². The van der Waals surface area contributed by atoms with Crippen LogP contribution in [0.2, 0.25) is 0 Å². The van der Waals surface area contributed by atoms with Crippen molar-refractivity contribution in [1.82, 2.24) is 10.1 Å². The van der Waals surface area contributed by atoms with Crippen molar-refractivity contribution in [3.05, 3.63) is 52.5 Å². The van der Waals surface area contributed by atoms with Crippen LogP contribution in [0.5, 0.6) is 0 Å². The van der Waals surface area contributed by atoms with E-state index in [1.54, 1.807) is 32.0 Å². The summed E-state index contributed by atoms with van der Waals surface area (Å²) >= 11 is 1.12. The number of ether oxygens (including phenoxy) is 1. The molecule has 2 heterocycles. The fourth-order valence-corrected chi connectivity index (χ4v) is 3.18. The number of carbonyl (C=O) groups is 2. The van der Waals surface area contributed by atoms with Crippen LogP contribution in [0.15, 0.2) is 34.9 Å². The van der Waals surface area contributed by atoms with Crippen molar-refractivity contribution in [2.75, 3.05) is 5.32 Å². The number of rotatable bonds is 5. The molecule has 0 aliphatic carbocycles. The molecule has 0 aliphatic rings. The molecule has 3 rings (SSSR count). The Labute approximate surface area is 158 Å². The molecule has 0 spiro atoms. The minimum atomic E-state index is -1.04. The number of aromatic nitrogens is 2. The highest BCUT2D eigenvalue weighted by molar-refractivity contribution is 7.17. The Morgan fingerprint density at radius 3 is 2.59 bits per heavy atom. The number of hydrogen-bond donors (Lipinski definition) is 1. The lowest BCUT2D eigenvalue weighted by Gasteiger charge is -2.11. The van der Waals surface area contributed by atoms with Gasteiger partial charge in [0.15, 0.2) is 11.9 Å². The van der Waals surface area contributed by atoms with Gasteiger partial charge in [-0.15, -0.1) is 11.3 Å². The van der Waals surface area contributed by atoms with Crippen molar-refractivity contribution in [3.8, 4) is 10.6 Å². The zero-order valence-corrected chi connectivity index (χ0v) is 15.6. The third-order valence-corrected chi connectivity index (χ3v) is 4.79. The Bertz CT molecular complexity index is 981. The van der Waals surface area contributed by atoms with Crippen LogP contribution >= 0.6 is 11.3 Å². The van der Waals surface area contributed by atoms with E-state index in [2.05, 4.69) is 15.5 Å². The number of amides is 1. The van der Waals surface area contributed by atoms with E-state index in [1.165, 1.54) is 19.1 Å². The summed E-state index contributed by atoms with van der Waals surface area (Å²) in [5, 5.41) is 6.72. The number of esters is 1. The third-order valence-electron chi connectivity index (χ3n) is 3.61. The van der Waals surface area contributed by atoms with E-state index in [4.69, 9.17) is 9.26 Å². The Balaban J connectivity index is 1.68. The van der Waals surface area contributed by atoms with E-state index >= 15 is 0 Å². The van der Waals surface area contributed by atoms with Gasteiger partial charge in [-0.3, -0.25) is 4.79 Å². The summed E-state index contributed by atoms with van der Waals surface area (Å²) in [5.74, 6) is -0.750. The van der Waals surface area contributed by atoms with Gasteiger partial charge in [-0.2, -0.15) is 0 Å². The van der Waals surface area contributed by atoms with Crippen molar-refractivity contribution in [2.45, 2.75) is 26.9 Å². The molecule has 2 aromatic heterocycles. The number of halogens is 1. The van der Waals surface area contributed by atoms with E-state index in [9.17, 15) is 14.0 Å². The zero-order chi connectivity index (χ0) is 19.6. The van der Waals surface area contributed by atoms with Gasteiger partial charge < -0.3 is 14.6 Å². The molecule has 3 aromatic rings. The van der Waals surface area contributed by atoms with Crippen LogP contribution in [0, 0.1) is 19.7 Å². The standard InChI is InChI=1S/C18H16FN3O4S/c1-9-8-14(22-26-9)21-16(23)11(3)25-18(24)15-10(2)20-17(27-15)12-4-6-13(19)7-5-12/h4-8,11H,1-3H3,(H,21,22,23). The number of carbonyl (C=O) groups excluding carboxylic acids is 2. The van der Waals surface area contributed by atoms with E-state index in [0.29, 0.717) is 22.0 Å². The zero-order valence-electron chi connectivity index (χ0n) is 14.8. The molecule has 1 N–H and O–H groups in total. The lowest BCUT2D eigenvalue weighted by Crippen LogP contribution is -2.30. The predicted molar refractivity (Wildman–Crippen MR) is 97.0 cm³/mol. The molecule has 0 radical (unpaired) electrons. The van der Waals surface area contributed by atoms with Gasteiger partial charge in [0.25, 0.3) is 5.91 Å². The van der Waals surface area contributed by atoms with Crippen molar-refractivity contribution in [3.63, 3.8) is 0 Å². The molecule has 9 heteroatoms. The van der Waals surface area contributed by atoms with Gasteiger partial charge in [0.1, 0.15) is 21.5 Å². The monoisotopic (exact) mass is 389 g/mol. The number of hydrogen-bond acceptors (Lipinski definition) is 7. The first-order valence-electron chi connectivity index (χ1n) is 8.02. The summed E-state index contributed by atoms with van der Waals surface area (Å²) in [5.41, 5.74) is 1.17. The van der Waals surface area contributed by atoms with E-state index in [0.717, 1.165) is 11.3 Å². The van der Waals surface area contributed by atoms with Crippen LogP contribution in [-0.4, -0.2) is 28.1 Å². The van der Waals surface area contributed by atoms with Gasteiger partial charge >= 0.3 is 5.97 Å². The molecule has 140 valence electrons. The molecule has 0 bridgehead atoms. The van der Waals surface area contributed by atoms with Crippen LogP contribution < -0.4 is 5.32 Å². The van der Waals surface area contributed by atoms with Crippen molar-refractivity contribution >= 4 is 29.0 Å². The molecule has 0 saturated carbocycles. The molecule has 7 nitrogen and oxygen atoms in total. The fourth-order valence-electron chi connectivity index (χ4n) is 2.22. The number of anilines is 1. The highest BCUT2D eigenvalue weighted by atomic mass is 32.1. The highest BCUT2D eigenvalue weighted by Gasteiger charge is 2.23. The maximum atomic E-state index is 13.1. The molecule has 0 saturated heterocycles. The Morgan fingerprint density at radius 2 is 1.96 bits per heavy atom. The van der Waals surface area contributed by atoms with Crippen molar-refractivity contribution in [2.24, 2.45) is 0 Å². The second-order valence-corrected chi connectivity index (χ2v) is 6.80. The van der Waals surface area contributed by atoms with Crippen LogP contribution in [0.1, 0.15) is 28.0 Å². The van der Waals surface area contributed by atoms with Crippen molar-refractivity contribution in [1.29, 1.82) is 0 Å². The first-order chi connectivity index (χ1) is 12.8. The van der Waals surface area contributed by atoms with E-state index in [-0.39, 0.29) is 16.5 Å². The average molecular weight is 389 g/mol. The normalized spacial score (nSPS) is 11.9. The lowest BCUT2D eigenvalue weighted by atomic mass is 10.2. The Kier molecular flexibility index (Phi) is 5.31. The van der Waals surface area contributed by atoms with Crippen LogP contribution in [0.3, 0.4) is 0 Å². The molecular formula is C18H16FN3O4S. The molecule has 0 aliphatic heterocycles. The number of nitrogens with one attached hydrogen (secondary N) is 1. The van der Waals surface area contributed by atoms with E-state index < -0.39 is 18.0 Å². The van der Waals surface area contributed by atoms with Gasteiger partial charge in [0.2, 0.25) is 0 Å². The fraction of sp³-hybridized carbons (Fsp3) is 0.222. The van der Waals surface area contributed by atoms with Gasteiger partial charge in [0, 0.05) is 11.6 Å². The second-order valence-electron chi connectivity index (χ2n) is 5.80. The van der Waals surface area contributed by atoms with Crippen LogP contribution in [0.25, 0.3) is 10.6 Å². The summed E-state index contributed by atoms with van der Waals surface area (Å²) in [6.45, 7) is 4.82. The molecule has 1 atom stereocenters. The lowest BCUT2D eigenvalue weighted by molar-refractivity contribution is -0.123. The maximum absolute atomic E-state index is 13.1. The summed E-state index contributed by atoms with van der Waals surface area (Å²) < 4.78 is 23.1. The number of aryl methyl sites for hydroxylation is 2. The summed E-state index contributed by atoms with van der Waals surface area (Å²) in [4.78, 5) is 29.1. The summed E-state index contributed by atoms with van der Waals surface area (Å²) in [6.07, 6.45) is -1.04. The number of nitrogens with zero attached hydrogens (tertiary/aromatic N) is 2. The van der Waals surface area contributed by atoms with Gasteiger partial charge in [0.05, 0.1) is 5.69 Å². The largest absolute Gasteiger partial charge is 0.448 e. The first kappa shape index (κ1) is 18.7. The molecular weight excluding hydrogens is 373 g/mol. The summed E-state index contributed by atoms with van der Waals surface area (Å²) in [7, 11) is 0. The minimum absolute atomic E-state index is 0.243. The summed E-state index contributed by atoms with van der Waals surface area (Å²) in [6, 6.07) is 7.36. The smallest absolute Gasteiger partial charge is 0.351 e.